The molecule has 3 rings (SSSR count). The zero-order valence-electron chi connectivity index (χ0n) is 17.2. The average Bonchev–Trinajstić information content (AvgIpc) is 3.33. The first-order valence-electron chi connectivity index (χ1n) is 10.4. The first-order chi connectivity index (χ1) is 15.0. The van der Waals surface area contributed by atoms with E-state index < -0.39 is 11.0 Å². The molecule has 1 saturated carbocycles. The highest BCUT2D eigenvalue weighted by Crippen LogP contribution is 2.27. The monoisotopic (exact) mass is 445 g/mol. The van der Waals surface area contributed by atoms with E-state index in [9.17, 15) is 19.7 Å². The van der Waals surface area contributed by atoms with Gasteiger partial charge >= 0.3 is 0 Å². The normalized spacial score (nSPS) is 15.2. The van der Waals surface area contributed by atoms with Gasteiger partial charge in [0, 0.05) is 24.4 Å². The minimum Gasteiger partial charge on any atom is -0.350 e. The zero-order chi connectivity index (χ0) is 22.1. The van der Waals surface area contributed by atoms with E-state index in [1.54, 1.807) is 23.9 Å². The average molecular weight is 446 g/mol. The molecule has 1 aliphatic rings. The smallest absolute Gasteiger partial charge is 0.270 e. The number of aromatic nitrogens is 2. The highest BCUT2D eigenvalue weighted by molar-refractivity contribution is 7.99. The third kappa shape index (κ3) is 7.09. The van der Waals surface area contributed by atoms with Crippen LogP contribution in [0.2, 0.25) is 0 Å². The van der Waals surface area contributed by atoms with Crippen LogP contribution in [0.4, 0.5) is 5.69 Å². The summed E-state index contributed by atoms with van der Waals surface area (Å²) in [5.41, 5.74) is 1.04. The van der Waals surface area contributed by atoms with Crippen molar-refractivity contribution in [3.63, 3.8) is 0 Å². The Hall–Kier alpha value is -2.88. The van der Waals surface area contributed by atoms with E-state index in [2.05, 4.69) is 20.6 Å². The van der Waals surface area contributed by atoms with Gasteiger partial charge in [-0.05, 0) is 30.1 Å². The number of nitro groups is 1. The maximum Gasteiger partial charge on any atom is 0.270 e. The SMILES string of the molecule is O=C(NC(CSCC1CCCCC1)C(=O)NCc1ccc([N+](=O)[O-])cc1)c1cnc[nH]1. The van der Waals surface area contributed by atoms with Crippen LogP contribution >= 0.6 is 11.8 Å². The van der Waals surface area contributed by atoms with Gasteiger partial charge in [0.25, 0.3) is 11.6 Å². The Morgan fingerprint density at radius 1 is 1.23 bits per heavy atom. The minimum absolute atomic E-state index is 0.00103. The largest absolute Gasteiger partial charge is 0.350 e. The standard InChI is InChI=1S/C21H27N5O4S/c27-20(23-10-15-6-8-17(9-7-15)26(29)30)19(25-21(28)18-11-22-14-24-18)13-31-12-16-4-2-1-3-5-16/h6-9,11,14,16,19H,1-5,10,12-13H2,(H,22,24)(H,23,27)(H,25,28). The third-order valence-electron chi connectivity index (χ3n) is 5.34. The first-order valence-corrected chi connectivity index (χ1v) is 11.6. The van der Waals surface area contributed by atoms with Crippen LogP contribution < -0.4 is 10.6 Å². The summed E-state index contributed by atoms with van der Waals surface area (Å²) in [6, 6.07) is 5.32. The zero-order valence-corrected chi connectivity index (χ0v) is 18.0. The molecule has 9 nitrogen and oxygen atoms in total. The molecule has 0 aliphatic heterocycles. The molecular weight excluding hydrogens is 418 g/mol. The molecule has 0 radical (unpaired) electrons. The van der Waals surface area contributed by atoms with E-state index in [-0.39, 0.29) is 24.0 Å². The topological polar surface area (TPSA) is 130 Å². The summed E-state index contributed by atoms with van der Waals surface area (Å²) in [6.45, 7) is 0.223. The summed E-state index contributed by atoms with van der Waals surface area (Å²) in [4.78, 5) is 42.1. The second kappa shape index (κ2) is 11.5. The van der Waals surface area contributed by atoms with Crippen molar-refractivity contribution in [1.82, 2.24) is 20.6 Å². The molecule has 1 atom stereocenters. The lowest BCUT2D eigenvalue weighted by Gasteiger charge is -2.23. The van der Waals surface area contributed by atoms with Crippen LogP contribution in [0.15, 0.2) is 36.8 Å². The molecule has 1 unspecified atom stereocenters. The van der Waals surface area contributed by atoms with Gasteiger partial charge in [0.05, 0.1) is 17.4 Å². The number of benzene rings is 1. The summed E-state index contributed by atoms with van der Waals surface area (Å²) in [5, 5.41) is 16.4. The number of hydrogen-bond donors (Lipinski definition) is 3. The van der Waals surface area contributed by atoms with Crippen molar-refractivity contribution in [2.24, 2.45) is 5.92 Å². The second-order valence-corrected chi connectivity index (χ2v) is 8.75. The molecule has 0 saturated heterocycles. The lowest BCUT2D eigenvalue weighted by molar-refractivity contribution is -0.384. The van der Waals surface area contributed by atoms with Crippen LogP contribution in [0.3, 0.4) is 0 Å². The van der Waals surface area contributed by atoms with Crippen LogP contribution in [0, 0.1) is 16.0 Å². The molecule has 0 spiro atoms. The molecule has 2 amide bonds. The molecule has 166 valence electrons. The lowest BCUT2D eigenvalue weighted by atomic mass is 9.91. The molecule has 0 bridgehead atoms. The Labute approximate surface area is 184 Å². The van der Waals surface area contributed by atoms with Gasteiger partial charge in [-0.1, -0.05) is 31.4 Å². The van der Waals surface area contributed by atoms with E-state index in [1.165, 1.54) is 56.8 Å². The maximum atomic E-state index is 12.8. The number of imidazole rings is 1. The molecule has 1 aromatic carbocycles. The number of H-pyrrole nitrogens is 1. The first kappa shape index (κ1) is 22.8. The Morgan fingerprint density at radius 3 is 2.61 bits per heavy atom. The number of non-ortho nitro benzene ring substituents is 1. The van der Waals surface area contributed by atoms with E-state index >= 15 is 0 Å². The fourth-order valence-electron chi connectivity index (χ4n) is 3.55. The van der Waals surface area contributed by atoms with Crippen molar-refractivity contribution >= 4 is 29.3 Å². The minimum atomic E-state index is -0.692. The number of carbonyl (C=O) groups excluding carboxylic acids is 2. The Balaban J connectivity index is 1.55. The van der Waals surface area contributed by atoms with Crippen molar-refractivity contribution in [3.8, 4) is 0 Å². The third-order valence-corrected chi connectivity index (χ3v) is 6.62. The molecular formula is C21H27N5O4S. The summed E-state index contributed by atoms with van der Waals surface area (Å²) in [7, 11) is 0. The van der Waals surface area contributed by atoms with Crippen LogP contribution in [0.25, 0.3) is 0 Å². The number of nitrogens with one attached hydrogen (secondary N) is 3. The second-order valence-electron chi connectivity index (χ2n) is 7.67. The lowest BCUT2D eigenvalue weighted by Crippen LogP contribution is -2.48. The van der Waals surface area contributed by atoms with Gasteiger partial charge < -0.3 is 15.6 Å². The van der Waals surface area contributed by atoms with Crippen LogP contribution in [0.5, 0.6) is 0 Å². The maximum absolute atomic E-state index is 12.8. The number of thioether (sulfide) groups is 1. The number of nitro benzene ring substituents is 1. The summed E-state index contributed by atoms with van der Waals surface area (Å²) >= 11 is 1.69. The van der Waals surface area contributed by atoms with Gasteiger partial charge in [-0.2, -0.15) is 11.8 Å². The van der Waals surface area contributed by atoms with Crippen LogP contribution in [0.1, 0.15) is 48.2 Å². The van der Waals surface area contributed by atoms with Gasteiger partial charge in [0.1, 0.15) is 11.7 Å². The Bertz CT molecular complexity index is 866. The molecule has 31 heavy (non-hydrogen) atoms. The number of carbonyl (C=O) groups is 2. The van der Waals surface area contributed by atoms with Gasteiger partial charge in [-0.3, -0.25) is 19.7 Å². The van der Waals surface area contributed by atoms with Crippen molar-refractivity contribution in [2.45, 2.75) is 44.7 Å². The molecule has 1 aromatic heterocycles. The molecule has 1 heterocycles. The van der Waals surface area contributed by atoms with Crippen molar-refractivity contribution in [2.75, 3.05) is 11.5 Å². The fraction of sp³-hybridized carbons (Fsp3) is 0.476. The fourth-order valence-corrected chi connectivity index (χ4v) is 4.83. The summed E-state index contributed by atoms with van der Waals surface area (Å²) in [5.74, 6) is 1.45. The van der Waals surface area contributed by atoms with E-state index in [1.807, 2.05) is 0 Å². The van der Waals surface area contributed by atoms with Gasteiger partial charge in [-0.25, -0.2) is 4.98 Å². The van der Waals surface area contributed by atoms with Crippen molar-refractivity contribution in [3.05, 3.63) is 58.2 Å². The van der Waals surface area contributed by atoms with Gasteiger partial charge in [-0.15, -0.1) is 0 Å². The van der Waals surface area contributed by atoms with Gasteiger partial charge in [0.15, 0.2) is 0 Å². The number of rotatable bonds is 10. The number of aromatic amines is 1. The van der Waals surface area contributed by atoms with Crippen molar-refractivity contribution < 1.29 is 14.5 Å². The predicted octanol–water partition coefficient (Wildman–Crippen LogP) is 3.05. The Morgan fingerprint density at radius 2 is 1.97 bits per heavy atom. The molecule has 10 heteroatoms. The van der Waals surface area contributed by atoms with E-state index in [0.717, 1.165) is 11.3 Å². The molecule has 1 fully saturated rings. The van der Waals surface area contributed by atoms with Gasteiger partial charge in [0.2, 0.25) is 5.91 Å². The van der Waals surface area contributed by atoms with E-state index in [4.69, 9.17) is 0 Å². The summed E-state index contributed by atoms with van der Waals surface area (Å²) in [6.07, 6.45) is 9.11. The van der Waals surface area contributed by atoms with Crippen molar-refractivity contribution in [1.29, 1.82) is 0 Å². The number of nitrogens with zero attached hydrogens (tertiary/aromatic N) is 2. The highest BCUT2D eigenvalue weighted by Gasteiger charge is 2.23. The van der Waals surface area contributed by atoms with Crippen LogP contribution in [-0.2, 0) is 11.3 Å². The predicted molar refractivity (Wildman–Crippen MR) is 119 cm³/mol. The molecule has 2 aromatic rings. The number of amides is 2. The molecule has 1 aliphatic carbocycles. The Kier molecular flexibility index (Phi) is 8.45. The summed E-state index contributed by atoms with van der Waals surface area (Å²) < 4.78 is 0. The quantitative estimate of drug-likeness (QED) is 0.381. The highest BCUT2D eigenvalue weighted by atomic mass is 32.2. The molecule has 3 N–H and O–H groups in total. The number of hydrogen-bond acceptors (Lipinski definition) is 6. The van der Waals surface area contributed by atoms with Crippen LogP contribution in [-0.4, -0.2) is 44.3 Å². The van der Waals surface area contributed by atoms with E-state index in [0.29, 0.717) is 17.4 Å².